The second kappa shape index (κ2) is 11.4. The van der Waals surface area contributed by atoms with E-state index in [9.17, 15) is 4.79 Å². The lowest BCUT2D eigenvalue weighted by atomic mass is 10.1. The number of unbranched alkanes of at least 4 members (excludes halogenated alkanes) is 3. The summed E-state index contributed by atoms with van der Waals surface area (Å²) in [4.78, 5) is 12.0. The maximum absolute atomic E-state index is 12.0. The molecular weight excluding hydrogens is 280 g/mol. The van der Waals surface area contributed by atoms with E-state index in [-0.39, 0.29) is 17.0 Å². The van der Waals surface area contributed by atoms with Crippen LogP contribution in [0.15, 0.2) is 48.1 Å². The zero-order chi connectivity index (χ0) is 15.3. The molecule has 1 rings (SSSR count). The predicted octanol–water partition coefficient (Wildman–Crippen LogP) is 3.04. The van der Waals surface area contributed by atoms with Crippen LogP contribution in [0.5, 0.6) is 0 Å². The Kier molecular flexibility index (Phi) is 9.66. The highest BCUT2D eigenvalue weighted by Crippen LogP contribution is 2.06. The molecule has 0 aromatic heterocycles. The quantitative estimate of drug-likeness (QED) is 0.453. The van der Waals surface area contributed by atoms with Crippen LogP contribution in [0.3, 0.4) is 0 Å². The van der Waals surface area contributed by atoms with E-state index in [1.165, 1.54) is 19.3 Å². The molecule has 1 aliphatic rings. The molecule has 0 spiro atoms. The molecule has 2 N–H and O–H groups in total. The van der Waals surface area contributed by atoms with E-state index in [0.29, 0.717) is 5.57 Å². The molecule has 1 amide bonds. The summed E-state index contributed by atoms with van der Waals surface area (Å²) in [5, 5.41) is 2.98. The molecule has 0 bridgehead atoms. The molecule has 0 atom stereocenters. The van der Waals surface area contributed by atoms with Crippen LogP contribution < -0.4 is 10.0 Å². The summed E-state index contributed by atoms with van der Waals surface area (Å²) in [5.41, 5.74) is 0.707. The van der Waals surface area contributed by atoms with Crippen LogP contribution in [0, 0.1) is 0 Å². The van der Waals surface area contributed by atoms with Crippen LogP contribution in [-0.4, -0.2) is 31.5 Å². The average Bonchev–Trinajstić information content (AvgIpc) is 2.40. The summed E-state index contributed by atoms with van der Waals surface area (Å²) in [7, 11) is 0. The molecule has 0 radical (unpaired) electrons. The highest BCUT2D eigenvalue weighted by atomic mass is 32.2. The van der Waals surface area contributed by atoms with Crippen molar-refractivity contribution in [2.45, 2.75) is 25.7 Å². The molecule has 0 heterocycles. The summed E-state index contributed by atoms with van der Waals surface area (Å²) in [6.45, 7) is 1.87. The summed E-state index contributed by atoms with van der Waals surface area (Å²) in [5.74, 6) is 0.00970. The van der Waals surface area contributed by atoms with Crippen LogP contribution in [-0.2, 0) is 4.79 Å². The van der Waals surface area contributed by atoms with Gasteiger partial charge < -0.3 is 5.32 Å². The Morgan fingerprint density at radius 2 is 1.62 bits per heavy atom. The zero-order valence-electron chi connectivity index (χ0n) is 13.1. The van der Waals surface area contributed by atoms with Gasteiger partial charge in [-0.1, -0.05) is 43.2 Å². The number of thiol groups is 1. The summed E-state index contributed by atoms with van der Waals surface area (Å²) < 4.78 is 3.48. The Bertz CT molecular complexity index is 423. The van der Waals surface area contributed by atoms with E-state index in [0.717, 1.165) is 19.5 Å². The standard InChI is InChI=1S/C17H28N2OS/c1-21(2)19-15-11-7-6-10-14-18-17(20)16-12-8-4-3-5-9-13-16/h3-5,8-9,12-13,19,21H,6-7,10-11,14-15H2,1-2H3,(H,18,20)/b4-3-,5-3?,8-4?,9-5-,12-8-,13-9?,16-12?,16-13+. The van der Waals surface area contributed by atoms with Crippen molar-refractivity contribution in [3.05, 3.63) is 48.1 Å². The smallest absolute Gasteiger partial charge is 0.251 e. The predicted molar refractivity (Wildman–Crippen MR) is 95.8 cm³/mol. The third-order valence-corrected chi connectivity index (χ3v) is 3.93. The van der Waals surface area contributed by atoms with Gasteiger partial charge in [0.25, 0.3) is 5.91 Å². The maximum atomic E-state index is 12.0. The molecule has 0 saturated carbocycles. The van der Waals surface area contributed by atoms with Crippen molar-refractivity contribution in [2.75, 3.05) is 25.6 Å². The molecule has 0 fully saturated rings. The number of carbonyl (C=O) groups is 1. The van der Waals surface area contributed by atoms with Gasteiger partial charge in [0, 0.05) is 18.7 Å². The van der Waals surface area contributed by atoms with Crippen LogP contribution in [0.1, 0.15) is 25.7 Å². The van der Waals surface area contributed by atoms with E-state index in [1.807, 2.05) is 42.5 Å². The van der Waals surface area contributed by atoms with Crippen molar-refractivity contribution in [3.8, 4) is 0 Å². The van der Waals surface area contributed by atoms with Gasteiger partial charge in [-0.15, -0.1) is 0 Å². The molecule has 0 unspecified atom stereocenters. The number of nitrogens with one attached hydrogen (secondary N) is 2. The molecule has 21 heavy (non-hydrogen) atoms. The van der Waals surface area contributed by atoms with E-state index in [2.05, 4.69) is 22.6 Å². The first-order valence-electron chi connectivity index (χ1n) is 7.61. The molecule has 4 heteroatoms. The summed E-state index contributed by atoms with van der Waals surface area (Å²) in [6, 6.07) is 0. The molecule has 0 saturated heterocycles. The van der Waals surface area contributed by atoms with Gasteiger partial charge in [-0.3, -0.25) is 9.52 Å². The fourth-order valence-electron chi connectivity index (χ4n) is 1.93. The Morgan fingerprint density at radius 3 is 2.38 bits per heavy atom. The lowest BCUT2D eigenvalue weighted by Gasteiger charge is -2.11. The Morgan fingerprint density at radius 1 is 0.952 bits per heavy atom. The number of allylic oxidation sites excluding steroid dienone is 6. The topological polar surface area (TPSA) is 41.1 Å². The third-order valence-electron chi connectivity index (χ3n) is 3.08. The number of carbonyl (C=O) groups excluding carboxylic acids is 1. The number of hydrogen-bond donors (Lipinski definition) is 3. The van der Waals surface area contributed by atoms with Crippen molar-refractivity contribution >= 4 is 17.0 Å². The Labute approximate surface area is 131 Å². The van der Waals surface area contributed by atoms with Gasteiger partial charge in [0.15, 0.2) is 0 Å². The highest BCUT2D eigenvalue weighted by molar-refractivity contribution is 8.14. The molecule has 0 aromatic rings. The molecule has 0 aromatic carbocycles. The normalized spacial score (nSPS) is 21.4. The fraction of sp³-hybridized carbons (Fsp3) is 0.471. The molecular formula is C17H28N2OS. The van der Waals surface area contributed by atoms with Gasteiger partial charge in [-0.25, -0.2) is 11.1 Å². The second-order valence-electron chi connectivity index (χ2n) is 5.22. The summed E-state index contributed by atoms with van der Waals surface area (Å²) in [6.07, 6.45) is 22.4. The Hall–Kier alpha value is -1.26. The SMILES string of the molecule is C[SH](C)NCCCCCCNC(=O)C1=C/C=C\C=C/C=C\1. The van der Waals surface area contributed by atoms with Gasteiger partial charge in [0.2, 0.25) is 0 Å². The fourth-order valence-corrected chi connectivity index (χ4v) is 2.53. The van der Waals surface area contributed by atoms with Crippen molar-refractivity contribution in [1.82, 2.24) is 10.0 Å². The van der Waals surface area contributed by atoms with Crippen molar-refractivity contribution < 1.29 is 4.79 Å². The second-order valence-corrected chi connectivity index (χ2v) is 7.33. The van der Waals surface area contributed by atoms with Gasteiger partial charge in [-0.05, 0) is 37.5 Å². The van der Waals surface area contributed by atoms with E-state index in [4.69, 9.17) is 0 Å². The molecule has 1 aliphatic carbocycles. The van der Waals surface area contributed by atoms with Crippen LogP contribution >= 0.6 is 11.1 Å². The summed E-state index contributed by atoms with van der Waals surface area (Å²) >= 11 is 0.0217. The first-order chi connectivity index (χ1) is 10.2. The minimum absolute atomic E-state index is 0.00970. The van der Waals surface area contributed by atoms with Crippen molar-refractivity contribution in [3.63, 3.8) is 0 Å². The highest BCUT2D eigenvalue weighted by Gasteiger charge is 2.04. The third kappa shape index (κ3) is 9.32. The van der Waals surface area contributed by atoms with E-state index < -0.39 is 0 Å². The monoisotopic (exact) mass is 308 g/mol. The molecule has 118 valence electrons. The zero-order valence-corrected chi connectivity index (χ0v) is 14.0. The number of rotatable bonds is 9. The number of hydrogen-bond acceptors (Lipinski definition) is 2. The van der Waals surface area contributed by atoms with Crippen molar-refractivity contribution in [1.29, 1.82) is 0 Å². The largest absolute Gasteiger partial charge is 0.352 e. The Balaban J connectivity index is 2.08. The van der Waals surface area contributed by atoms with Gasteiger partial charge in [0.1, 0.15) is 0 Å². The number of amides is 1. The van der Waals surface area contributed by atoms with Gasteiger partial charge in [0.05, 0.1) is 0 Å². The van der Waals surface area contributed by atoms with Crippen LogP contribution in [0.4, 0.5) is 0 Å². The van der Waals surface area contributed by atoms with E-state index >= 15 is 0 Å². The van der Waals surface area contributed by atoms with Crippen LogP contribution in [0.25, 0.3) is 0 Å². The minimum Gasteiger partial charge on any atom is -0.352 e. The van der Waals surface area contributed by atoms with Crippen molar-refractivity contribution in [2.24, 2.45) is 0 Å². The van der Waals surface area contributed by atoms with Crippen LogP contribution in [0.2, 0.25) is 0 Å². The lowest BCUT2D eigenvalue weighted by molar-refractivity contribution is -0.117. The average molecular weight is 308 g/mol. The molecule has 3 nitrogen and oxygen atoms in total. The first-order valence-corrected chi connectivity index (χ1v) is 9.84. The van der Waals surface area contributed by atoms with E-state index in [1.54, 1.807) is 0 Å². The maximum Gasteiger partial charge on any atom is 0.251 e. The first kappa shape index (κ1) is 17.8. The molecule has 0 aliphatic heterocycles. The van der Waals surface area contributed by atoms with Gasteiger partial charge >= 0.3 is 0 Å². The minimum atomic E-state index is 0.00970. The lowest BCUT2D eigenvalue weighted by Crippen LogP contribution is -2.25. The van der Waals surface area contributed by atoms with Gasteiger partial charge in [-0.2, -0.15) is 0 Å².